The number of ether oxygens (including phenoxy) is 1. The van der Waals surface area contributed by atoms with E-state index in [0.717, 1.165) is 6.07 Å². The number of amides is 2. The third-order valence-corrected chi connectivity index (χ3v) is 2.22. The molecule has 1 aromatic rings. The fraction of sp³-hybridized carbons (Fsp3) is 0.250. The first kappa shape index (κ1) is 14.6. The van der Waals surface area contributed by atoms with Crippen molar-refractivity contribution in [2.75, 3.05) is 6.54 Å². The highest BCUT2D eigenvalue weighted by Gasteiger charge is 2.16. The van der Waals surface area contributed by atoms with E-state index in [-0.39, 0.29) is 5.56 Å². The number of rotatable bonds is 5. The highest BCUT2D eigenvalue weighted by atomic mass is 19.1. The fourth-order valence-electron chi connectivity index (χ4n) is 1.19. The molecule has 0 spiro atoms. The van der Waals surface area contributed by atoms with Crippen LogP contribution in [0.2, 0.25) is 0 Å². The first-order valence-electron chi connectivity index (χ1n) is 5.43. The standard InChI is InChI=1S/C12H13FN2O4/c1-7(11(14)17)19-10(16)6-15-12(18)8-4-2-3-5-9(8)13/h2-5,7H,6H2,1H3,(H2,14,17)(H,15,18)/t7-/m0/s1. The number of benzene rings is 1. The molecule has 3 N–H and O–H groups in total. The summed E-state index contributed by atoms with van der Waals surface area (Å²) in [4.78, 5) is 33.4. The van der Waals surface area contributed by atoms with Gasteiger partial charge >= 0.3 is 5.97 Å². The molecule has 102 valence electrons. The van der Waals surface area contributed by atoms with E-state index in [1.54, 1.807) is 0 Å². The van der Waals surface area contributed by atoms with Crippen molar-refractivity contribution < 1.29 is 23.5 Å². The molecule has 0 bridgehead atoms. The number of carbonyl (C=O) groups is 3. The molecule has 0 saturated carbocycles. The number of nitrogens with two attached hydrogens (primary N) is 1. The summed E-state index contributed by atoms with van der Waals surface area (Å²) in [5.41, 5.74) is 4.72. The number of nitrogens with one attached hydrogen (secondary N) is 1. The van der Waals surface area contributed by atoms with Crippen molar-refractivity contribution in [2.24, 2.45) is 5.73 Å². The maximum Gasteiger partial charge on any atom is 0.326 e. The Bertz CT molecular complexity index is 504. The lowest BCUT2D eigenvalue weighted by atomic mass is 10.2. The Kier molecular flexibility index (Phi) is 4.99. The Balaban J connectivity index is 2.49. The smallest absolute Gasteiger partial charge is 0.326 e. The van der Waals surface area contributed by atoms with E-state index >= 15 is 0 Å². The molecule has 6 nitrogen and oxygen atoms in total. The van der Waals surface area contributed by atoms with E-state index in [2.05, 4.69) is 10.1 Å². The molecule has 0 unspecified atom stereocenters. The minimum atomic E-state index is -1.09. The van der Waals surface area contributed by atoms with Crippen LogP contribution in [-0.4, -0.2) is 30.4 Å². The largest absolute Gasteiger partial charge is 0.451 e. The molecule has 1 rings (SSSR count). The van der Waals surface area contributed by atoms with Crippen LogP contribution in [0.25, 0.3) is 0 Å². The summed E-state index contributed by atoms with van der Waals surface area (Å²) in [7, 11) is 0. The van der Waals surface area contributed by atoms with Crippen LogP contribution in [0.1, 0.15) is 17.3 Å². The molecule has 0 saturated heterocycles. The highest BCUT2D eigenvalue weighted by molar-refractivity contribution is 5.96. The summed E-state index contributed by atoms with van der Waals surface area (Å²) in [5, 5.41) is 2.18. The lowest BCUT2D eigenvalue weighted by Crippen LogP contribution is -2.36. The summed E-state index contributed by atoms with van der Waals surface area (Å²) in [6.07, 6.45) is -1.09. The van der Waals surface area contributed by atoms with Gasteiger partial charge in [0.1, 0.15) is 12.4 Å². The van der Waals surface area contributed by atoms with Crippen LogP contribution in [0.5, 0.6) is 0 Å². The van der Waals surface area contributed by atoms with Crippen LogP contribution in [0.4, 0.5) is 4.39 Å². The van der Waals surface area contributed by atoms with Gasteiger partial charge in [0.25, 0.3) is 11.8 Å². The average molecular weight is 268 g/mol. The number of esters is 1. The number of hydrogen-bond acceptors (Lipinski definition) is 4. The number of primary amides is 1. The second-order valence-electron chi connectivity index (χ2n) is 3.70. The van der Waals surface area contributed by atoms with Crippen LogP contribution in [0.3, 0.4) is 0 Å². The summed E-state index contributed by atoms with van der Waals surface area (Å²) in [5.74, 6) is -3.08. The summed E-state index contributed by atoms with van der Waals surface area (Å²) in [6.45, 7) is 0.823. The maximum absolute atomic E-state index is 13.2. The van der Waals surface area contributed by atoms with Crippen molar-refractivity contribution in [1.29, 1.82) is 0 Å². The van der Waals surface area contributed by atoms with Crippen molar-refractivity contribution in [3.63, 3.8) is 0 Å². The number of hydrogen-bond donors (Lipinski definition) is 2. The minimum absolute atomic E-state index is 0.182. The van der Waals surface area contributed by atoms with Gasteiger partial charge in [-0.25, -0.2) is 4.39 Å². The summed E-state index contributed by atoms with van der Waals surface area (Å²) < 4.78 is 17.8. The van der Waals surface area contributed by atoms with Gasteiger partial charge in [-0.1, -0.05) is 12.1 Å². The average Bonchev–Trinajstić information content (AvgIpc) is 2.36. The van der Waals surface area contributed by atoms with E-state index in [1.165, 1.54) is 25.1 Å². The zero-order chi connectivity index (χ0) is 14.4. The Morgan fingerprint density at radius 1 is 1.37 bits per heavy atom. The fourth-order valence-corrected chi connectivity index (χ4v) is 1.19. The molecule has 0 radical (unpaired) electrons. The Hall–Kier alpha value is -2.44. The van der Waals surface area contributed by atoms with Gasteiger partial charge in [0.2, 0.25) is 0 Å². The van der Waals surface area contributed by atoms with E-state index in [4.69, 9.17) is 5.73 Å². The predicted octanol–water partition coefficient (Wildman–Crippen LogP) is -0.0275. The maximum atomic E-state index is 13.2. The van der Waals surface area contributed by atoms with Crippen LogP contribution in [-0.2, 0) is 14.3 Å². The Morgan fingerprint density at radius 2 is 2.00 bits per heavy atom. The van der Waals surface area contributed by atoms with Crippen molar-refractivity contribution in [3.8, 4) is 0 Å². The monoisotopic (exact) mass is 268 g/mol. The zero-order valence-corrected chi connectivity index (χ0v) is 10.2. The van der Waals surface area contributed by atoms with Gasteiger partial charge in [0, 0.05) is 0 Å². The van der Waals surface area contributed by atoms with Gasteiger partial charge in [-0.15, -0.1) is 0 Å². The summed E-state index contributed by atoms with van der Waals surface area (Å²) in [6, 6.07) is 5.34. The normalized spacial score (nSPS) is 11.5. The van der Waals surface area contributed by atoms with Crippen molar-refractivity contribution >= 4 is 17.8 Å². The third kappa shape index (κ3) is 4.38. The molecule has 0 aromatic heterocycles. The molecular weight excluding hydrogens is 255 g/mol. The van der Waals surface area contributed by atoms with Crippen LogP contribution in [0, 0.1) is 5.82 Å². The van der Waals surface area contributed by atoms with Crippen molar-refractivity contribution in [1.82, 2.24) is 5.32 Å². The highest BCUT2D eigenvalue weighted by Crippen LogP contribution is 2.05. The van der Waals surface area contributed by atoms with Crippen molar-refractivity contribution in [2.45, 2.75) is 13.0 Å². The molecule has 0 aliphatic heterocycles. The summed E-state index contributed by atoms with van der Waals surface area (Å²) >= 11 is 0. The lowest BCUT2D eigenvalue weighted by Gasteiger charge is -2.10. The van der Waals surface area contributed by atoms with Gasteiger partial charge in [-0.3, -0.25) is 14.4 Å². The molecule has 0 heterocycles. The Morgan fingerprint density at radius 3 is 2.58 bits per heavy atom. The van der Waals surface area contributed by atoms with Gasteiger partial charge in [-0.2, -0.15) is 0 Å². The molecule has 1 aromatic carbocycles. The predicted molar refractivity (Wildman–Crippen MR) is 63.5 cm³/mol. The van der Waals surface area contributed by atoms with Gasteiger partial charge < -0.3 is 15.8 Å². The molecule has 2 amide bonds. The first-order valence-corrected chi connectivity index (χ1v) is 5.43. The van der Waals surface area contributed by atoms with Gasteiger partial charge in [-0.05, 0) is 19.1 Å². The van der Waals surface area contributed by atoms with Gasteiger partial charge in [0.05, 0.1) is 5.56 Å². The molecule has 0 aliphatic rings. The molecular formula is C12H13FN2O4. The second-order valence-corrected chi connectivity index (χ2v) is 3.70. The SMILES string of the molecule is C[C@H](OC(=O)CNC(=O)c1ccccc1F)C(N)=O. The van der Waals surface area contributed by atoms with E-state index in [9.17, 15) is 18.8 Å². The molecule has 19 heavy (non-hydrogen) atoms. The zero-order valence-electron chi connectivity index (χ0n) is 10.2. The van der Waals surface area contributed by atoms with Crippen LogP contribution < -0.4 is 11.1 Å². The number of halogens is 1. The molecule has 7 heteroatoms. The second kappa shape index (κ2) is 6.48. The quantitative estimate of drug-likeness (QED) is 0.733. The molecule has 0 fully saturated rings. The van der Waals surface area contributed by atoms with Crippen LogP contribution >= 0.6 is 0 Å². The van der Waals surface area contributed by atoms with E-state index in [0.29, 0.717) is 0 Å². The van der Waals surface area contributed by atoms with Crippen LogP contribution in [0.15, 0.2) is 24.3 Å². The minimum Gasteiger partial charge on any atom is -0.451 e. The van der Waals surface area contributed by atoms with E-state index in [1.807, 2.05) is 0 Å². The van der Waals surface area contributed by atoms with E-state index < -0.39 is 36.2 Å². The lowest BCUT2D eigenvalue weighted by molar-refractivity contribution is -0.152. The number of carbonyl (C=O) groups excluding carboxylic acids is 3. The molecule has 0 aliphatic carbocycles. The van der Waals surface area contributed by atoms with Crippen molar-refractivity contribution in [3.05, 3.63) is 35.6 Å². The van der Waals surface area contributed by atoms with Gasteiger partial charge in [0.15, 0.2) is 6.10 Å². The topological polar surface area (TPSA) is 98.5 Å². The molecule has 1 atom stereocenters. The Labute approximate surface area is 108 Å². The first-order chi connectivity index (χ1) is 8.91. The third-order valence-electron chi connectivity index (χ3n) is 2.22.